The maximum atomic E-state index is 12.7. The van der Waals surface area contributed by atoms with Crippen molar-refractivity contribution < 1.29 is 18.0 Å². The highest BCUT2D eigenvalue weighted by Crippen LogP contribution is 2.28. The number of sulfonamides is 1. The molecule has 3 heterocycles. The molecule has 0 spiro atoms. The summed E-state index contributed by atoms with van der Waals surface area (Å²) in [6.45, 7) is 0.450. The first-order valence-electron chi connectivity index (χ1n) is 8.82. The molecule has 1 atom stereocenters. The van der Waals surface area contributed by atoms with Crippen molar-refractivity contribution in [3.63, 3.8) is 0 Å². The molecular formula is C19H19N3O4S. The molecule has 1 aromatic carbocycles. The number of benzene rings is 1. The monoisotopic (exact) mass is 385 g/mol. The van der Waals surface area contributed by atoms with Crippen molar-refractivity contribution in [2.75, 3.05) is 18.8 Å². The highest BCUT2D eigenvalue weighted by Gasteiger charge is 2.44. The lowest BCUT2D eigenvalue weighted by Gasteiger charge is -2.22. The lowest BCUT2D eigenvalue weighted by molar-refractivity contribution is 0.0591. The molecule has 8 heteroatoms. The van der Waals surface area contributed by atoms with Crippen LogP contribution in [0.1, 0.15) is 32.8 Å². The Morgan fingerprint density at radius 1 is 1.04 bits per heavy atom. The van der Waals surface area contributed by atoms with Crippen LogP contribution in [0.15, 0.2) is 48.7 Å². The van der Waals surface area contributed by atoms with Crippen molar-refractivity contribution in [2.24, 2.45) is 0 Å². The number of amides is 2. The van der Waals surface area contributed by atoms with Gasteiger partial charge >= 0.3 is 0 Å². The van der Waals surface area contributed by atoms with Gasteiger partial charge in [0.15, 0.2) is 0 Å². The fourth-order valence-corrected chi connectivity index (χ4v) is 5.15. The number of nitrogens with zero attached hydrogens (tertiary/aromatic N) is 3. The number of carbonyl (C=O) groups excluding carboxylic acids is 2. The largest absolute Gasteiger partial charge is 0.280 e. The van der Waals surface area contributed by atoms with E-state index in [1.807, 2.05) is 30.3 Å². The molecule has 1 fully saturated rings. The van der Waals surface area contributed by atoms with E-state index < -0.39 is 27.9 Å². The summed E-state index contributed by atoms with van der Waals surface area (Å²) < 4.78 is 26.7. The fourth-order valence-electron chi connectivity index (χ4n) is 3.61. The van der Waals surface area contributed by atoms with E-state index in [2.05, 4.69) is 4.98 Å². The maximum absolute atomic E-state index is 12.7. The maximum Gasteiger partial charge on any atom is 0.280 e. The molecule has 0 radical (unpaired) electrons. The van der Waals surface area contributed by atoms with Gasteiger partial charge < -0.3 is 0 Å². The standard InChI is InChI=1S/C19H19N3O4S/c23-18-16-7-4-10-20-17(16)19(24)22(18)15-8-11-21(13-15)27(25,26)12-9-14-5-2-1-3-6-14/h1-7,10,15H,8-9,11-13H2. The van der Waals surface area contributed by atoms with Gasteiger partial charge in [-0.1, -0.05) is 30.3 Å². The van der Waals surface area contributed by atoms with Gasteiger partial charge in [-0.15, -0.1) is 0 Å². The molecule has 140 valence electrons. The normalized spacial score (nSPS) is 20.3. The fraction of sp³-hybridized carbons (Fsp3) is 0.316. The zero-order chi connectivity index (χ0) is 19.0. The Hall–Kier alpha value is -2.58. The number of aryl methyl sites for hydroxylation is 1. The molecule has 1 aromatic heterocycles. The predicted molar refractivity (Wildman–Crippen MR) is 98.6 cm³/mol. The summed E-state index contributed by atoms with van der Waals surface area (Å²) in [5.74, 6) is -0.825. The number of carbonyl (C=O) groups is 2. The Labute approximate surface area is 157 Å². The first-order chi connectivity index (χ1) is 13.0. The summed E-state index contributed by atoms with van der Waals surface area (Å²) in [6.07, 6.45) is 2.35. The molecule has 2 aromatic rings. The second kappa shape index (κ2) is 6.86. The van der Waals surface area contributed by atoms with E-state index >= 15 is 0 Å². The highest BCUT2D eigenvalue weighted by atomic mass is 32.2. The van der Waals surface area contributed by atoms with Crippen molar-refractivity contribution >= 4 is 21.8 Å². The molecule has 2 aliphatic heterocycles. The average Bonchev–Trinajstić information content (AvgIpc) is 3.26. The molecular weight excluding hydrogens is 366 g/mol. The minimum atomic E-state index is -3.45. The Kier molecular flexibility index (Phi) is 4.53. The van der Waals surface area contributed by atoms with Gasteiger partial charge in [0.1, 0.15) is 5.69 Å². The van der Waals surface area contributed by atoms with Crippen LogP contribution in [-0.4, -0.2) is 59.3 Å². The van der Waals surface area contributed by atoms with Crippen LogP contribution in [0.3, 0.4) is 0 Å². The molecule has 7 nitrogen and oxygen atoms in total. The summed E-state index contributed by atoms with van der Waals surface area (Å²) >= 11 is 0. The van der Waals surface area contributed by atoms with Gasteiger partial charge in [0, 0.05) is 19.3 Å². The first-order valence-corrected chi connectivity index (χ1v) is 10.4. The van der Waals surface area contributed by atoms with Crippen LogP contribution in [0.5, 0.6) is 0 Å². The second-order valence-corrected chi connectivity index (χ2v) is 8.82. The summed E-state index contributed by atoms with van der Waals surface area (Å²) in [6, 6.07) is 12.2. The zero-order valence-electron chi connectivity index (χ0n) is 14.6. The van der Waals surface area contributed by atoms with Gasteiger partial charge in [-0.25, -0.2) is 8.42 Å². The Balaban J connectivity index is 1.44. The Morgan fingerprint density at radius 3 is 2.56 bits per heavy atom. The average molecular weight is 385 g/mol. The second-order valence-electron chi connectivity index (χ2n) is 6.73. The van der Waals surface area contributed by atoms with E-state index in [0.717, 1.165) is 5.56 Å². The number of hydrogen-bond acceptors (Lipinski definition) is 5. The third-order valence-corrected chi connectivity index (χ3v) is 6.89. The molecule has 1 unspecified atom stereocenters. The molecule has 27 heavy (non-hydrogen) atoms. The molecule has 0 saturated carbocycles. The van der Waals surface area contributed by atoms with E-state index in [-0.39, 0.29) is 23.6 Å². The third-order valence-electron chi connectivity index (χ3n) is 5.05. The van der Waals surface area contributed by atoms with Gasteiger partial charge in [0.2, 0.25) is 10.0 Å². The predicted octanol–water partition coefficient (Wildman–Crippen LogP) is 1.32. The summed E-state index contributed by atoms with van der Waals surface area (Å²) in [4.78, 5) is 30.3. The van der Waals surface area contributed by atoms with E-state index in [1.54, 1.807) is 12.1 Å². The summed E-state index contributed by atoms with van der Waals surface area (Å²) in [7, 11) is -3.45. The van der Waals surface area contributed by atoms with Crippen LogP contribution in [-0.2, 0) is 16.4 Å². The van der Waals surface area contributed by atoms with Crippen LogP contribution in [0.25, 0.3) is 0 Å². The molecule has 4 rings (SSSR count). The summed E-state index contributed by atoms with van der Waals surface area (Å²) in [5.41, 5.74) is 1.39. The molecule has 1 saturated heterocycles. The van der Waals surface area contributed by atoms with E-state index in [4.69, 9.17) is 0 Å². The highest BCUT2D eigenvalue weighted by molar-refractivity contribution is 7.89. The molecule has 2 aliphatic rings. The van der Waals surface area contributed by atoms with Crippen molar-refractivity contribution in [1.29, 1.82) is 0 Å². The number of rotatable bonds is 5. The quantitative estimate of drug-likeness (QED) is 0.725. The minimum Gasteiger partial charge on any atom is -0.268 e. The number of fused-ring (bicyclic) bond motifs is 1. The first kappa shape index (κ1) is 17.8. The van der Waals surface area contributed by atoms with Gasteiger partial charge in [-0.2, -0.15) is 4.31 Å². The van der Waals surface area contributed by atoms with Crippen molar-refractivity contribution in [1.82, 2.24) is 14.2 Å². The van der Waals surface area contributed by atoms with E-state index in [1.165, 1.54) is 15.4 Å². The van der Waals surface area contributed by atoms with Crippen molar-refractivity contribution in [3.8, 4) is 0 Å². The summed E-state index contributed by atoms with van der Waals surface area (Å²) in [5, 5.41) is 0. The smallest absolute Gasteiger partial charge is 0.268 e. The zero-order valence-corrected chi connectivity index (χ0v) is 15.4. The van der Waals surface area contributed by atoms with Crippen molar-refractivity contribution in [3.05, 3.63) is 65.5 Å². The third kappa shape index (κ3) is 3.26. The van der Waals surface area contributed by atoms with Crippen LogP contribution in [0.2, 0.25) is 0 Å². The van der Waals surface area contributed by atoms with Crippen LogP contribution in [0.4, 0.5) is 0 Å². The van der Waals surface area contributed by atoms with E-state index in [9.17, 15) is 18.0 Å². The van der Waals surface area contributed by atoms with Crippen molar-refractivity contribution in [2.45, 2.75) is 18.9 Å². The topological polar surface area (TPSA) is 87.7 Å². The lowest BCUT2D eigenvalue weighted by Crippen LogP contribution is -2.42. The van der Waals surface area contributed by atoms with Crippen LogP contribution >= 0.6 is 0 Å². The minimum absolute atomic E-state index is 0.00735. The molecule has 0 N–H and O–H groups in total. The number of aromatic nitrogens is 1. The molecule has 0 bridgehead atoms. The Bertz CT molecular complexity index is 956. The number of imide groups is 1. The van der Waals surface area contributed by atoms with Gasteiger partial charge in [-0.3, -0.25) is 19.5 Å². The van der Waals surface area contributed by atoms with Crippen LogP contribution < -0.4 is 0 Å². The van der Waals surface area contributed by atoms with Crippen LogP contribution in [0, 0.1) is 0 Å². The van der Waals surface area contributed by atoms with Gasteiger partial charge in [-0.05, 0) is 30.5 Å². The number of hydrogen-bond donors (Lipinski definition) is 0. The lowest BCUT2D eigenvalue weighted by atomic mass is 10.2. The van der Waals surface area contributed by atoms with Gasteiger partial charge in [0.25, 0.3) is 11.8 Å². The SMILES string of the molecule is O=C1c2cccnc2C(=O)N1C1CCN(S(=O)(=O)CCc2ccccc2)C1. The van der Waals surface area contributed by atoms with Gasteiger partial charge in [0.05, 0.1) is 17.4 Å². The number of pyridine rings is 1. The molecule has 0 aliphatic carbocycles. The van der Waals surface area contributed by atoms with E-state index in [0.29, 0.717) is 19.4 Å². The Morgan fingerprint density at radius 2 is 1.81 bits per heavy atom. The molecule has 2 amide bonds.